The number of carbonyl (C=O) groups excluding carboxylic acids is 1. The minimum absolute atomic E-state index is 0.154. The molecule has 0 aliphatic carbocycles. The number of benzene rings is 1. The number of halogens is 2. The third-order valence-corrected chi connectivity index (χ3v) is 5.38. The summed E-state index contributed by atoms with van der Waals surface area (Å²) in [6, 6.07) is 2.95. The molecule has 0 unspecified atom stereocenters. The molecule has 2 rings (SSSR count). The Bertz CT molecular complexity index is 671. The van der Waals surface area contributed by atoms with Gasteiger partial charge in [-0.3, -0.25) is 4.79 Å². The van der Waals surface area contributed by atoms with Crippen molar-refractivity contribution in [3.05, 3.63) is 27.7 Å². The first-order valence-corrected chi connectivity index (χ1v) is 8.79. The van der Waals surface area contributed by atoms with Crippen LogP contribution >= 0.6 is 23.2 Å². The van der Waals surface area contributed by atoms with Crippen LogP contribution in [0.4, 0.5) is 5.69 Å². The molecule has 0 saturated carbocycles. The van der Waals surface area contributed by atoms with Gasteiger partial charge in [-0.05, 0) is 12.1 Å². The second kappa shape index (κ2) is 6.00. The lowest BCUT2D eigenvalue weighted by Gasteiger charge is -2.33. The topological polar surface area (TPSA) is 83.7 Å². The molecule has 6 nitrogen and oxygen atoms in total. The number of nitrogens with two attached hydrogens (primary N) is 1. The fraction of sp³-hybridized carbons (Fsp3) is 0.417. The normalized spacial score (nSPS) is 17.0. The third kappa shape index (κ3) is 3.60. The van der Waals surface area contributed by atoms with E-state index in [1.54, 1.807) is 4.90 Å². The maximum Gasteiger partial charge on any atom is 0.255 e. The second-order valence-corrected chi connectivity index (χ2v) is 7.59. The van der Waals surface area contributed by atoms with E-state index < -0.39 is 10.0 Å². The van der Waals surface area contributed by atoms with Crippen LogP contribution in [-0.4, -0.2) is 56.0 Å². The van der Waals surface area contributed by atoms with Crippen LogP contribution in [0.3, 0.4) is 0 Å². The molecule has 0 aromatic heterocycles. The van der Waals surface area contributed by atoms with Crippen molar-refractivity contribution in [2.45, 2.75) is 0 Å². The van der Waals surface area contributed by atoms with E-state index in [9.17, 15) is 13.2 Å². The summed E-state index contributed by atoms with van der Waals surface area (Å²) in [6.07, 6.45) is 1.15. The van der Waals surface area contributed by atoms with Gasteiger partial charge in [0.25, 0.3) is 5.91 Å². The zero-order valence-corrected chi connectivity index (χ0v) is 13.7. The Morgan fingerprint density at radius 3 is 2.29 bits per heavy atom. The maximum absolute atomic E-state index is 12.4. The number of amides is 1. The van der Waals surface area contributed by atoms with E-state index in [1.807, 2.05) is 0 Å². The number of hydrogen-bond acceptors (Lipinski definition) is 4. The van der Waals surface area contributed by atoms with Crippen LogP contribution in [0.2, 0.25) is 10.0 Å². The summed E-state index contributed by atoms with van der Waals surface area (Å²) in [6.45, 7) is 1.12. The Hall–Kier alpha value is -1.02. The van der Waals surface area contributed by atoms with Crippen molar-refractivity contribution in [1.29, 1.82) is 0 Å². The molecule has 1 fully saturated rings. The average molecular weight is 352 g/mol. The van der Waals surface area contributed by atoms with Gasteiger partial charge in [0.05, 0.1) is 21.9 Å². The van der Waals surface area contributed by atoms with Gasteiger partial charge in [0.15, 0.2) is 0 Å². The number of rotatable bonds is 2. The fourth-order valence-corrected chi connectivity index (χ4v) is 3.40. The van der Waals surface area contributed by atoms with Gasteiger partial charge in [-0.15, -0.1) is 0 Å². The molecule has 1 heterocycles. The Balaban J connectivity index is 2.16. The molecule has 2 N–H and O–H groups in total. The van der Waals surface area contributed by atoms with Gasteiger partial charge >= 0.3 is 0 Å². The van der Waals surface area contributed by atoms with Gasteiger partial charge in [0.1, 0.15) is 0 Å². The number of piperazine rings is 1. The maximum atomic E-state index is 12.4. The largest absolute Gasteiger partial charge is 0.399 e. The van der Waals surface area contributed by atoms with Gasteiger partial charge in [-0.25, -0.2) is 8.42 Å². The summed E-state index contributed by atoms with van der Waals surface area (Å²) in [5.74, 6) is -0.303. The molecular formula is C12H15Cl2N3O3S. The zero-order chi connectivity index (χ0) is 15.8. The molecule has 0 bridgehead atoms. The van der Waals surface area contributed by atoms with Crippen molar-refractivity contribution in [1.82, 2.24) is 9.21 Å². The molecule has 1 aliphatic heterocycles. The molecule has 1 aromatic carbocycles. The van der Waals surface area contributed by atoms with Crippen LogP contribution in [0.5, 0.6) is 0 Å². The van der Waals surface area contributed by atoms with Crippen LogP contribution in [0.25, 0.3) is 0 Å². The van der Waals surface area contributed by atoms with Crippen LogP contribution in [0.15, 0.2) is 12.1 Å². The summed E-state index contributed by atoms with van der Waals surface area (Å²) in [5, 5.41) is 0.371. The predicted octanol–water partition coefficient (Wildman–Crippen LogP) is 1.29. The Kier molecular flexibility index (Phi) is 4.67. The first kappa shape index (κ1) is 16.4. The smallest absolute Gasteiger partial charge is 0.255 e. The number of nitrogens with zero attached hydrogens (tertiary/aromatic N) is 2. The molecule has 1 amide bonds. The van der Waals surface area contributed by atoms with Gasteiger partial charge in [-0.2, -0.15) is 4.31 Å². The lowest BCUT2D eigenvalue weighted by molar-refractivity contribution is 0.0698. The predicted molar refractivity (Wildman–Crippen MR) is 83.2 cm³/mol. The minimum Gasteiger partial charge on any atom is -0.399 e. The van der Waals surface area contributed by atoms with E-state index >= 15 is 0 Å². The molecule has 0 radical (unpaired) electrons. The fourth-order valence-electron chi connectivity index (χ4n) is 2.16. The van der Waals surface area contributed by atoms with Crippen LogP contribution < -0.4 is 5.73 Å². The van der Waals surface area contributed by atoms with Crippen molar-refractivity contribution in [2.75, 3.05) is 38.2 Å². The Morgan fingerprint density at radius 2 is 1.76 bits per heavy atom. The number of sulfonamides is 1. The molecular weight excluding hydrogens is 337 g/mol. The van der Waals surface area contributed by atoms with E-state index in [2.05, 4.69) is 0 Å². The molecule has 21 heavy (non-hydrogen) atoms. The van der Waals surface area contributed by atoms with Crippen LogP contribution in [0, 0.1) is 0 Å². The summed E-state index contributed by atoms with van der Waals surface area (Å²) in [7, 11) is -3.23. The Morgan fingerprint density at radius 1 is 1.19 bits per heavy atom. The first-order valence-electron chi connectivity index (χ1n) is 6.19. The summed E-state index contributed by atoms with van der Waals surface area (Å²) < 4.78 is 24.2. The molecule has 116 valence electrons. The van der Waals surface area contributed by atoms with E-state index in [0.29, 0.717) is 18.8 Å². The van der Waals surface area contributed by atoms with Gasteiger partial charge in [-0.1, -0.05) is 23.2 Å². The van der Waals surface area contributed by atoms with Crippen LogP contribution in [-0.2, 0) is 10.0 Å². The van der Waals surface area contributed by atoms with Crippen molar-refractivity contribution >= 4 is 44.8 Å². The molecule has 1 saturated heterocycles. The quantitative estimate of drug-likeness (QED) is 0.813. The summed E-state index contributed by atoms with van der Waals surface area (Å²) in [4.78, 5) is 14.0. The highest BCUT2D eigenvalue weighted by molar-refractivity contribution is 7.88. The zero-order valence-electron chi connectivity index (χ0n) is 11.3. The third-order valence-electron chi connectivity index (χ3n) is 3.28. The average Bonchev–Trinajstić information content (AvgIpc) is 2.41. The second-order valence-electron chi connectivity index (χ2n) is 4.82. The number of anilines is 1. The molecule has 0 spiro atoms. The lowest BCUT2D eigenvalue weighted by atomic mass is 10.1. The van der Waals surface area contributed by atoms with E-state index in [0.717, 1.165) is 6.26 Å². The number of nitrogen functional groups attached to an aromatic ring is 1. The highest BCUT2D eigenvalue weighted by Crippen LogP contribution is 2.29. The highest BCUT2D eigenvalue weighted by Gasteiger charge is 2.28. The van der Waals surface area contributed by atoms with Crippen molar-refractivity contribution in [3.63, 3.8) is 0 Å². The first-order chi connectivity index (χ1) is 9.70. The molecule has 1 aromatic rings. The highest BCUT2D eigenvalue weighted by atomic mass is 35.5. The molecule has 1 aliphatic rings. The van der Waals surface area contributed by atoms with Gasteiger partial charge in [0, 0.05) is 31.9 Å². The molecule has 0 atom stereocenters. The van der Waals surface area contributed by atoms with Crippen LogP contribution in [0.1, 0.15) is 10.4 Å². The number of carbonyl (C=O) groups is 1. The van der Waals surface area contributed by atoms with Crippen molar-refractivity contribution in [2.24, 2.45) is 0 Å². The van der Waals surface area contributed by atoms with E-state index in [-0.39, 0.29) is 34.6 Å². The lowest BCUT2D eigenvalue weighted by Crippen LogP contribution is -2.50. The van der Waals surface area contributed by atoms with E-state index in [1.165, 1.54) is 16.4 Å². The number of hydrogen-bond donors (Lipinski definition) is 1. The van der Waals surface area contributed by atoms with Gasteiger partial charge in [0.2, 0.25) is 10.0 Å². The van der Waals surface area contributed by atoms with Crippen molar-refractivity contribution in [3.8, 4) is 0 Å². The monoisotopic (exact) mass is 351 g/mol. The standard InChI is InChI=1S/C12H15Cl2N3O3S/c1-21(19,20)17-4-2-16(3-5-17)12(18)9-6-8(15)7-10(13)11(9)14/h6-7H,2-5,15H2,1H3. The van der Waals surface area contributed by atoms with Crippen molar-refractivity contribution < 1.29 is 13.2 Å². The summed E-state index contributed by atoms with van der Waals surface area (Å²) >= 11 is 12.0. The van der Waals surface area contributed by atoms with E-state index in [4.69, 9.17) is 28.9 Å². The summed E-state index contributed by atoms with van der Waals surface area (Å²) in [5.41, 5.74) is 6.25. The minimum atomic E-state index is -3.23. The molecule has 9 heteroatoms. The van der Waals surface area contributed by atoms with Gasteiger partial charge < -0.3 is 10.6 Å². The SMILES string of the molecule is CS(=O)(=O)N1CCN(C(=O)c2cc(N)cc(Cl)c2Cl)CC1. The Labute approximate surface area is 133 Å².